The van der Waals surface area contributed by atoms with Crippen LogP contribution in [0.4, 0.5) is 0 Å². The minimum absolute atomic E-state index is 0.102. The standard InChI is InChI=1S/C61H118O17P2/c1-8-11-12-13-14-19-28-35-42-58(63)71-48-57(78-61(66)45-38-31-24-22-27-34-41-54(7)10-3)51-76-80(69,70)74-47-55(62)46-73-79(67,68)75-50-56(49-72-59(64)43-36-29-23-21-26-33-40-53(6)9-2)77-60(65)44-37-30-20-17-15-16-18-25-32-39-52(4)5/h52-57,62H,8-51H2,1-7H3,(H,67,68)(H,69,70)/t53?,54?,55-,56-,57-/m1/s1. The van der Waals surface area contributed by atoms with Crippen molar-refractivity contribution in [1.29, 1.82) is 0 Å². The number of ether oxygens (including phenoxy) is 4. The number of phosphoric ester groups is 2. The van der Waals surface area contributed by atoms with Gasteiger partial charge in [0.05, 0.1) is 26.4 Å². The van der Waals surface area contributed by atoms with Gasteiger partial charge in [-0.2, -0.15) is 0 Å². The van der Waals surface area contributed by atoms with Crippen molar-refractivity contribution in [3.63, 3.8) is 0 Å². The summed E-state index contributed by atoms with van der Waals surface area (Å²) in [5, 5.41) is 10.5. The first-order valence-corrected chi connectivity index (χ1v) is 34.9. The van der Waals surface area contributed by atoms with Crippen LogP contribution in [0.3, 0.4) is 0 Å². The van der Waals surface area contributed by atoms with Crippen LogP contribution in [0.5, 0.6) is 0 Å². The van der Waals surface area contributed by atoms with E-state index in [1.54, 1.807) is 0 Å². The molecule has 0 spiro atoms. The Morgan fingerprint density at radius 1 is 0.362 bits per heavy atom. The quantitative estimate of drug-likeness (QED) is 0.0222. The van der Waals surface area contributed by atoms with Crippen molar-refractivity contribution in [2.24, 2.45) is 17.8 Å². The fourth-order valence-electron chi connectivity index (χ4n) is 8.89. The van der Waals surface area contributed by atoms with E-state index < -0.39 is 97.5 Å². The summed E-state index contributed by atoms with van der Waals surface area (Å²) in [6, 6.07) is 0. The SMILES string of the molecule is CCCCCCCCCCC(=O)OC[C@H](COP(=O)(O)OC[C@H](O)COP(=O)(O)OC[C@@H](COC(=O)CCCCCCCCC(C)CC)OC(=O)CCCCCCCCCCCC(C)C)OC(=O)CCCCCCCCC(C)CC. The lowest BCUT2D eigenvalue weighted by Crippen LogP contribution is -2.30. The largest absolute Gasteiger partial charge is 0.472 e. The predicted octanol–water partition coefficient (Wildman–Crippen LogP) is 16.3. The molecule has 0 fully saturated rings. The third-order valence-electron chi connectivity index (χ3n) is 14.6. The Morgan fingerprint density at radius 2 is 0.637 bits per heavy atom. The lowest BCUT2D eigenvalue weighted by Gasteiger charge is -2.21. The van der Waals surface area contributed by atoms with Crippen molar-refractivity contribution in [2.45, 2.75) is 311 Å². The number of aliphatic hydroxyl groups is 1. The highest BCUT2D eigenvalue weighted by Crippen LogP contribution is 2.45. The molecule has 0 saturated carbocycles. The van der Waals surface area contributed by atoms with Gasteiger partial charge >= 0.3 is 39.5 Å². The van der Waals surface area contributed by atoms with Crippen molar-refractivity contribution in [3.05, 3.63) is 0 Å². The second kappa shape index (κ2) is 52.6. The molecule has 0 aromatic heterocycles. The van der Waals surface area contributed by atoms with Crippen LogP contribution in [-0.4, -0.2) is 96.7 Å². The number of aliphatic hydroxyl groups excluding tert-OH is 1. The normalized spacial score (nSPS) is 15.1. The maximum Gasteiger partial charge on any atom is 0.472 e. The first kappa shape index (κ1) is 78.1. The minimum atomic E-state index is -4.94. The van der Waals surface area contributed by atoms with Crippen molar-refractivity contribution < 1.29 is 80.2 Å². The molecule has 4 unspecified atom stereocenters. The molecule has 19 heteroatoms. The zero-order valence-corrected chi connectivity index (χ0v) is 53.3. The number of carbonyl (C=O) groups is 4. The van der Waals surface area contributed by atoms with E-state index in [0.29, 0.717) is 25.7 Å². The van der Waals surface area contributed by atoms with Gasteiger partial charge in [0.1, 0.15) is 19.3 Å². The Kier molecular flexibility index (Phi) is 51.3. The van der Waals surface area contributed by atoms with Crippen LogP contribution < -0.4 is 0 Å². The van der Waals surface area contributed by atoms with E-state index in [9.17, 15) is 43.2 Å². The number of unbranched alkanes of at least 4 members (excludes halogenated alkanes) is 25. The Morgan fingerprint density at radius 3 is 0.950 bits per heavy atom. The summed E-state index contributed by atoms with van der Waals surface area (Å²) in [6.45, 7) is 11.6. The molecule has 0 aromatic rings. The monoisotopic (exact) mass is 1180 g/mol. The molecular weight excluding hydrogens is 1070 g/mol. The van der Waals surface area contributed by atoms with Gasteiger partial charge in [0.15, 0.2) is 12.2 Å². The van der Waals surface area contributed by atoms with Gasteiger partial charge in [-0.05, 0) is 43.4 Å². The van der Waals surface area contributed by atoms with Gasteiger partial charge in [0, 0.05) is 25.7 Å². The number of esters is 4. The molecule has 0 heterocycles. The third kappa shape index (κ3) is 52.8. The second-order valence-electron chi connectivity index (χ2n) is 23.0. The molecule has 3 N–H and O–H groups in total. The Bertz CT molecular complexity index is 1600. The van der Waals surface area contributed by atoms with E-state index in [-0.39, 0.29) is 25.7 Å². The molecular formula is C61H118O17P2. The molecule has 0 aliphatic rings. The van der Waals surface area contributed by atoms with Crippen molar-refractivity contribution >= 4 is 39.5 Å². The lowest BCUT2D eigenvalue weighted by molar-refractivity contribution is -0.161. The lowest BCUT2D eigenvalue weighted by atomic mass is 10.00. The fourth-order valence-corrected chi connectivity index (χ4v) is 10.5. The number of rotatable bonds is 59. The van der Waals surface area contributed by atoms with Crippen molar-refractivity contribution in [3.8, 4) is 0 Å². The van der Waals surface area contributed by atoms with Gasteiger partial charge in [0.25, 0.3) is 0 Å². The number of hydrogen-bond donors (Lipinski definition) is 3. The van der Waals surface area contributed by atoms with Gasteiger partial charge in [-0.1, -0.05) is 241 Å². The maximum absolute atomic E-state index is 12.9. The highest BCUT2D eigenvalue weighted by Gasteiger charge is 2.30. The maximum atomic E-state index is 12.9. The molecule has 0 radical (unpaired) electrons. The molecule has 80 heavy (non-hydrogen) atoms. The third-order valence-corrected chi connectivity index (χ3v) is 16.5. The summed E-state index contributed by atoms with van der Waals surface area (Å²) in [5.74, 6) is 0.0417. The van der Waals surface area contributed by atoms with Gasteiger partial charge < -0.3 is 33.8 Å². The molecule has 0 rings (SSSR count). The summed E-state index contributed by atoms with van der Waals surface area (Å²) in [7, 11) is -9.88. The average molecular weight is 1190 g/mol. The fraction of sp³-hybridized carbons (Fsp3) is 0.934. The van der Waals surface area contributed by atoms with E-state index in [4.69, 9.17) is 37.0 Å². The predicted molar refractivity (Wildman–Crippen MR) is 317 cm³/mol. The number of carbonyl (C=O) groups excluding carboxylic acids is 4. The highest BCUT2D eigenvalue weighted by molar-refractivity contribution is 7.47. The summed E-state index contributed by atoms with van der Waals surface area (Å²) >= 11 is 0. The van der Waals surface area contributed by atoms with Crippen LogP contribution in [0, 0.1) is 17.8 Å². The molecule has 0 aliphatic heterocycles. The zero-order valence-electron chi connectivity index (χ0n) is 51.5. The molecule has 0 saturated heterocycles. The summed E-state index contributed by atoms with van der Waals surface area (Å²) in [4.78, 5) is 72.0. The average Bonchev–Trinajstić information content (AvgIpc) is 3.42. The van der Waals surface area contributed by atoms with Crippen molar-refractivity contribution in [2.75, 3.05) is 39.6 Å². The van der Waals surface area contributed by atoms with E-state index >= 15 is 0 Å². The van der Waals surface area contributed by atoms with E-state index in [2.05, 4.69) is 48.5 Å². The van der Waals surface area contributed by atoms with Gasteiger partial charge in [-0.15, -0.1) is 0 Å². The molecule has 0 amide bonds. The Balaban J connectivity index is 5.25. The van der Waals surface area contributed by atoms with E-state index in [0.717, 1.165) is 120 Å². The zero-order chi connectivity index (χ0) is 59.5. The molecule has 0 aromatic carbocycles. The molecule has 7 atom stereocenters. The minimum Gasteiger partial charge on any atom is -0.462 e. The van der Waals surface area contributed by atoms with Gasteiger partial charge in [0.2, 0.25) is 0 Å². The topological polar surface area (TPSA) is 237 Å². The smallest absolute Gasteiger partial charge is 0.462 e. The Hall–Kier alpha value is -1.94. The van der Waals surface area contributed by atoms with Gasteiger partial charge in [-0.25, -0.2) is 9.13 Å². The van der Waals surface area contributed by atoms with Crippen LogP contribution in [0.25, 0.3) is 0 Å². The van der Waals surface area contributed by atoms with Gasteiger partial charge in [-0.3, -0.25) is 37.3 Å². The molecule has 0 bridgehead atoms. The van der Waals surface area contributed by atoms with E-state index in [1.807, 2.05) is 0 Å². The van der Waals surface area contributed by atoms with Crippen LogP contribution in [0.1, 0.15) is 292 Å². The number of phosphoric acid groups is 2. The summed E-state index contributed by atoms with van der Waals surface area (Å²) in [6.07, 6.45) is 32.2. The van der Waals surface area contributed by atoms with Crippen LogP contribution in [0.2, 0.25) is 0 Å². The van der Waals surface area contributed by atoms with Crippen LogP contribution in [0.15, 0.2) is 0 Å². The van der Waals surface area contributed by atoms with E-state index in [1.165, 1.54) is 89.9 Å². The summed E-state index contributed by atoms with van der Waals surface area (Å²) in [5.41, 5.74) is 0. The molecule has 0 aliphatic carbocycles. The first-order valence-electron chi connectivity index (χ1n) is 31.9. The first-order chi connectivity index (χ1) is 38.3. The van der Waals surface area contributed by atoms with Crippen LogP contribution >= 0.6 is 15.6 Å². The second-order valence-corrected chi connectivity index (χ2v) is 26.0. The molecule has 17 nitrogen and oxygen atoms in total. The van der Waals surface area contributed by atoms with Crippen LogP contribution in [-0.2, 0) is 65.4 Å². The highest BCUT2D eigenvalue weighted by atomic mass is 31.2. The molecule has 474 valence electrons. The summed E-state index contributed by atoms with van der Waals surface area (Å²) < 4.78 is 67.8. The Labute approximate surface area is 486 Å². The van der Waals surface area contributed by atoms with Crippen molar-refractivity contribution in [1.82, 2.24) is 0 Å². The number of hydrogen-bond acceptors (Lipinski definition) is 15.